The number of rotatable bonds is 7. The zero-order chi connectivity index (χ0) is 19.2. The first-order chi connectivity index (χ1) is 13.0. The van der Waals surface area contributed by atoms with Gasteiger partial charge in [-0.1, -0.05) is 54.2 Å². The number of fused-ring (bicyclic) bond motifs is 1. The minimum atomic E-state index is -0.177. The topological polar surface area (TPSA) is 64.0 Å². The molecule has 1 aromatic heterocycles. The second kappa shape index (κ2) is 8.86. The number of nitrogens with one attached hydrogen (secondary N) is 1. The summed E-state index contributed by atoms with van der Waals surface area (Å²) in [6, 6.07) is 17.8. The molecule has 0 fully saturated rings. The molecule has 2 aromatic carbocycles. The van der Waals surface area contributed by atoms with Crippen molar-refractivity contribution in [3.8, 4) is 0 Å². The molecule has 27 heavy (non-hydrogen) atoms. The fourth-order valence-corrected chi connectivity index (χ4v) is 3.67. The van der Waals surface area contributed by atoms with Gasteiger partial charge in [0.25, 0.3) is 5.56 Å². The van der Waals surface area contributed by atoms with Gasteiger partial charge in [0.05, 0.1) is 16.8 Å². The van der Waals surface area contributed by atoms with Crippen LogP contribution in [0.15, 0.2) is 64.4 Å². The Labute approximate surface area is 162 Å². The average Bonchev–Trinajstić information content (AvgIpc) is 2.69. The van der Waals surface area contributed by atoms with Crippen LogP contribution in [-0.2, 0) is 18.3 Å². The molecule has 0 aliphatic rings. The highest BCUT2D eigenvalue weighted by atomic mass is 32.2. The van der Waals surface area contributed by atoms with Crippen molar-refractivity contribution < 1.29 is 4.79 Å². The molecule has 140 valence electrons. The molecule has 0 saturated heterocycles. The van der Waals surface area contributed by atoms with E-state index in [-0.39, 0.29) is 23.3 Å². The number of thioether (sulfide) groups is 1. The van der Waals surface area contributed by atoms with Crippen molar-refractivity contribution in [2.24, 2.45) is 7.05 Å². The van der Waals surface area contributed by atoms with Crippen LogP contribution in [0.4, 0.5) is 0 Å². The number of nitrogens with zero attached hydrogens (tertiary/aromatic N) is 2. The minimum absolute atomic E-state index is 0.0747. The van der Waals surface area contributed by atoms with E-state index in [4.69, 9.17) is 0 Å². The molecule has 3 rings (SSSR count). The number of carbonyl (C=O) groups excluding carboxylic acids is 1. The highest BCUT2D eigenvalue weighted by Gasteiger charge is 2.13. The van der Waals surface area contributed by atoms with Crippen molar-refractivity contribution in [2.45, 2.75) is 30.8 Å². The van der Waals surface area contributed by atoms with Crippen LogP contribution < -0.4 is 10.9 Å². The Morgan fingerprint density at radius 3 is 2.63 bits per heavy atom. The van der Waals surface area contributed by atoms with Crippen LogP contribution in [0.5, 0.6) is 0 Å². The second-order valence-electron chi connectivity index (χ2n) is 6.55. The Hall–Kier alpha value is -2.60. The molecule has 0 bridgehead atoms. The van der Waals surface area contributed by atoms with Gasteiger partial charge in [-0.05, 0) is 37.5 Å². The zero-order valence-corrected chi connectivity index (χ0v) is 16.3. The number of hydrogen-bond acceptors (Lipinski definition) is 4. The lowest BCUT2D eigenvalue weighted by molar-refractivity contribution is -0.119. The molecule has 1 atom stereocenters. The Balaban J connectivity index is 1.55. The van der Waals surface area contributed by atoms with E-state index in [1.165, 1.54) is 17.3 Å². The molecular formula is C21H23N3O2S. The molecule has 1 unspecified atom stereocenters. The predicted molar refractivity (Wildman–Crippen MR) is 110 cm³/mol. The normalized spacial score (nSPS) is 12.1. The number of hydrogen-bond donors (Lipinski definition) is 1. The Bertz CT molecular complexity index is 986. The summed E-state index contributed by atoms with van der Waals surface area (Å²) in [6.07, 6.45) is 1.79. The van der Waals surface area contributed by atoms with Gasteiger partial charge in [-0.25, -0.2) is 4.98 Å². The maximum Gasteiger partial charge on any atom is 0.283 e. The van der Waals surface area contributed by atoms with Crippen LogP contribution in [0.3, 0.4) is 0 Å². The maximum absolute atomic E-state index is 12.4. The van der Waals surface area contributed by atoms with E-state index in [2.05, 4.69) is 22.4 Å². The van der Waals surface area contributed by atoms with Crippen molar-refractivity contribution in [1.82, 2.24) is 14.9 Å². The highest BCUT2D eigenvalue weighted by Crippen LogP contribution is 2.15. The van der Waals surface area contributed by atoms with Gasteiger partial charge in [0, 0.05) is 13.1 Å². The Morgan fingerprint density at radius 1 is 1.15 bits per heavy atom. The third-order valence-electron chi connectivity index (χ3n) is 4.41. The van der Waals surface area contributed by atoms with Crippen LogP contribution >= 0.6 is 11.8 Å². The molecular weight excluding hydrogens is 358 g/mol. The second-order valence-corrected chi connectivity index (χ2v) is 7.52. The predicted octanol–water partition coefficient (Wildman–Crippen LogP) is 3.16. The van der Waals surface area contributed by atoms with Crippen LogP contribution in [0.1, 0.15) is 18.9 Å². The smallest absolute Gasteiger partial charge is 0.283 e. The quantitative estimate of drug-likeness (QED) is 0.639. The van der Waals surface area contributed by atoms with Crippen molar-refractivity contribution in [3.05, 3.63) is 70.5 Å². The standard InChI is InChI=1S/C21H23N3O2S/c1-15(12-13-16-8-4-3-5-9-16)22-19(25)14-27-20-21(26)24(2)18-11-7-6-10-17(18)23-20/h3-11,15H,12-14H2,1-2H3,(H,22,25). The first-order valence-corrected chi connectivity index (χ1v) is 9.95. The summed E-state index contributed by atoms with van der Waals surface area (Å²) in [6.45, 7) is 2.00. The third kappa shape index (κ3) is 4.98. The number of aromatic nitrogens is 2. The van der Waals surface area contributed by atoms with Crippen molar-refractivity contribution in [2.75, 3.05) is 5.75 Å². The van der Waals surface area contributed by atoms with Crippen LogP contribution in [0, 0.1) is 0 Å². The number of para-hydroxylation sites is 2. The Morgan fingerprint density at radius 2 is 1.85 bits per heavy atom. The van der Waals surface area contributed by atoms with Crippen LogP contribution in [-0.4, -0.2) is 27.3 Å². The Kier molecular flexibility index (Phi) is 6.29. The van der Waals surface area contributed by atoms with Gasteiger partial charge in [-0.2, -0.15) is 0 Å². The maximum atomic E-state index is 12.4. The third-order valence-corrected chi connectivity index (χ3v) is 5.35. The number of carbonyl (C=O) groups is 1. The first kappa shape index (κ1) is 19.2. The highest BCUT2D eigenvalue weighted by molar-refractivity contribution is 7.99. The largest absolute Gasteiger partial charge is 0.353 e. The van der Waals surface area contributed by atoms with Gasteiger partial charge in [0.15, 0.2) is 5.03 Å². The summed E-state index contributed by atoms with van der Waals surface area (Å²) in [5, 5.41) is 3.35. The molecule has 1 amide bonds. The lowest BCUT2D eigenvalue weighted by atomic mass is 10.1. The number of benzene rings is 2. The molecule has 6 heteroatoms. The lowest BCUT2D eigenvalue weighted by Crippen LogP contribution is -2.34. The molecule has 0 radical (unpaired) electrons. The summed E-state index contributed by atoms with van der Waals surface area (Å²) in [5.41, 5.74) is 2.62. The summed E-state index contributed by atoms with van der Waals surface area (Å²) < 4.78 is 1.57. The van der Waals surface area contributed by atoms with Gasteiger partial charge in [-0.3, -0.25) is 9.59 Å². The lowest BCUT2D eigenvalue weighted by Gasteiger charge is -2.14. The van der Waals surface area contributed by atoms with Gasteiger partial charge in [0.1, 0.15) is 0 Å². The van der Waals surface area contributed by atoms with Crippen molar-refractivity contribution in [3.63, 3.8) is 0 Å². The van der Waals surface area contributed by atoms with E-state index < -0.39 is 0 Å². The SMILES string of the molecule is CC(CCc1ccccc1)NC(=O)CSc1nc2ccccc2n(C)c1=O. The molecule has 0 saturated carbocycles. The molecule has 0 spiro atoms. The molecule has 1 N–H and O–H groups in total. The van der Waals surface area contributed by atoms with Gasteiger partial charge < -0.3 is 9.88 Å². The fourth-order valence-electron chi connectivity index (χ4n) is 2.90. The van der Waals surface area contributed by atoms with E-state index in [1.807, 2.05) is 49.4 Å². The zero-order valence-electron chi connectivity index (χ0n) is 15.5. The molecule has 1 heterocycles. The number of aryl methyl sites for hydroxylation is 2. The van der Waals surface area contributed by atoms with Crippen molar-refractivity contribution >= 4 is 28.7 Å². The molecule has 0 aliphatic heterocycles. The molecule has 0 aliphatic carbocycles. The van der Waals surface area contributed by atoms with Gasteiger partial charge in [-0.15, -0.1) is 0 Å². The first-order valence-electron chi connectivity index (χ1n) is 8.96. The summed E-state index contributed by atoms with van der Waals surface area (Å²) in [5.74, 6) is 0.0913. The fraction of sp³-hybridized carbons (Fsp3) is 0.286. The van der Waals surface area contributed by atoms with E-state index in [0.29, 0.717) is 5.03 Å². The summed E-state index contributed by atoms with van der Waals surface area (Å²) in [4.78, 5) is 29.1. The summed E-state index contributed by atoms with van der Waals surface area (Å²) >= 11 is 1.18. The summed E-state index contributed by atoms with van der Waals surface area (Å²) in [7, 11) is 1.72. The monoisotopic (exact) mass is 381 g/mol. The van der Waals surface area contributed by atoms with Crippen molar-refractivity contribution in [1.29, 1.82) is 0 Å². The average molecular weight is 382 g/mol. The minimum Gasteiger partial charge on any atom is -0.353 e. The van der Waals surface area contributed by atoms with E-state index in [0.717, 1.165) is 23.9 Å². The van der Waals surface area contributed by atoms with E-state index in [9.17, 15) is 9.59 Å². The molecule has 3 aromatic rings. The van der Waals surface area contributed by atoms with Crippen LogP contribution in [0.2, 0.25) is 0 Å². The van der Waals surface area contributed by atoms with E-state index in [1.54, 1.807) is 11.6 Å². The van der Waals surface area contributed by atoms with E-state index >= 15 is 0 Å². The van der Waals surface area contributed by atoms with Gasteiger partial charge in [0.2, 0.25) is 5.91 Å². The van der Waals surface area contributed by atoms with Crippen LogP contribution in [0.25, 0.3) is 11.0 Å². The number of amides is 1. The van der Waals surface area contributed by atoms with Gasteiger partial charge >= 0.3 is 0 Å². The molecule has 5 nitrogen and oxygen atoms in total.